The molecule has 7 heterocycles. The molecule has 4 aliphatic rings. The first kappa shape index (κ1) is 64.2. The maximum Gasteiger partial charge on any atom is 0.222 e. The number of H-pyrrole nitrogens is 2. The SMILES string of the molecule is COc1c2cc3ccccc3c1-c1c(OC)c(cc3ccccc13)C(O)=Nc1ccccc1-c1c3nc(c4c5ccc([nH]5)c(c5nc(c(c6ccc1[nH]6)-c1ccccc1N=C2O)C=C5)-c1ccccc1N=C(O)c1cc2ccccc2c(c1OC)-c1c(OC)c(cc2ccccc12)C(O)=Nc1ccccc1-4)C=C3. The van der Waals surface area contributed by atoms with Crippen LogP contribution in [0, 0.1) is 0 Å². The van der Waals surface area contributed by atoms with Crippen LogP contribution in [0.1, 0.15) is 45.0 Å². The molecule has 0 atom stereocenters. The molecule has 0 aliphatic carbocycles. The van der Waals surface area contributed by atoms with Crippen molar-refractivity contribution in [2.45, 2.75) is 0 Å². The van der Waals surface area contributed by atoms with Gasteiger partial charge in [0.2, 0.25) is 23.6 Å². The van der Waals surface area contributed by atoms with Crippen molar-refractivity contribution < 1.29 is 39.4 Å². The zero-order chi connectivity index (χ0) is 73.0. The quantitative estimate of drug-likeness (QED) is 0.0977. The second-order valence-electron chi connectivity index (χ2n) is 26.5. The number of rotatable bonds is 4. The second-order valence-corrected chi connectivity index (χ2v) is 26.5. The van der Waals surface area contributed by atoms with Crippen LogP contribution in [-0.4, -0.2) is 92.4 Å². The molecule has 0 radical (unpaired) electrons. The van der Waals surface area contributed by atoms with Gasteiger partial charge in [-0.2, -0.15) is 0 Å². The summed E-state index contributed by atoms with van der Waals surface area (Å²) in [7, 11) is 6.26. The van der Waals surface area contributed by atoms with Crippen LogP contribution in [0.2, 0.25) is 0 Å². The number of aromatic nitrogens is 4. The van der Waals surface area contributed by atoms with Crippen LogP contribution in [0.25, 0.3) is 156 Å². The van der Waals surface area contributed by atoms with E-state index in [0.29, 0.717) is 157 Å². The van der Waals surface area contributed by atoms with E-state index in [4.69, 9.17) is 48.9 Å². The number of aromatic amines is 2. The molecule has 6 N–H and O–H groups in total. The molecule has 16 nitrogen and oxygen atoms in total. The Morgan fingerprint density at radius 2 is 0.454 bits per heavy atom. The monoisotopic (exact) mass is 1410 g/mol. The third-order valence-corrected chi connectivity index (χ3v) is 20.6. The third-order valence-electron chi connectivity index (χ3n) is 20.6. The van der Waals surface area contributed by atoms with Crippen molar-refractivity contribution in [3.8, 4) is 89.8 Å². The molecule has 0 spiro atoms. The molecule has 518 valence electrons. The molecule has 19 rings (SSSR count). The molecule has 108 heavy (non-hydrogen) atoms. The standard InChI is InChI=1S/C92H62N8O8/c1-105-85-61-45-49-21-5-9-25-53(49)81(85)82-54-26-10-6-22-50(54)46-62(86(82)106-2)90(102)98-66-34-18-14-30-58(66)78-70-38-37-69(93-70)77(57-29-13-17-33-65(57)97-89(61)101)73-41-42-74(95-73)79-59-31-15-19-35-67(59)99-91(103)63-47-51-23-7-11-27-55(51)83(87(63)107-3)84-56-28-12-8-24-52(56)48-64(88(84)108-4)92(104)100-68-36-20-16-32-60(68)80(72-40-39-71(79)94-72)76-44-43-75(78)96-76/h5-48,93-94H,1-4H3,(H,97,101)(H,98,102)(H,99,103)(H,100,104). The predicted octanol–water partition coefficient (Wildman–Crippen LogP) is 22.5. The van der Waals surface area contributed by atoms with Gasteiger partial charge in [-0.3, -0.25) is 0 Å². The zero-order valence-corrected chi connectivity index (χ0v) is 58.5. The van der Waals surface area contributed by atoms with Gasteiger partial charge in [-0.25, -0.2) is 29.9 Å². The molecular weight excluding hydrogens is 1350 g/mol. The number of aliphatic hydroxyl groups is 4. The maximum atomic E-state index is 13.1. The zero-order valence-electron chi connectivity index (χ0n) is 58.5. The molecule has 0 unspecified atom stereocenters. The van der Waals surface area contributed by atoms with E-state index < -0.39 is 0 Å². The Hall–Kier alpha value is -14.6. The fourth-order valence-corrected chi connectivity index (χ4v) is 16.0. The highest BCUT2D eigenvalue weighted by molar-refractivity contribution is 6.20. The van der Waals surface area contributed by atoms with Crippen molar-refractivity contribution in [2.75, 3.05) is 28.4 Å². The van der Waals surface area contributed by atoms with Crippen LogP contribution >= 0.6 is 0 Å². The van der Waals surface area contributed by atoms with Gasteiger partial charge in [0.05, 0.1) is 96.2 Å². The van der Waals surface area contributed by atoms with Gasteiger partial charge in [0.25, 0.3) is 0 Å². The molecule has 0 amide bonds. The summed E-state index contributed by atoms with van der Waals surface area (Å²) in [5, 5.41) is 58.5. The largest absolute Gasteiger partial charge is 0.495 e. The molecule has 0 saturated carbocycles. The molecule has 16 heteroatoms. The van der Waals surface area contributed by atoms with Gasteiger partial charge < -0.3 is 49.3 Å². The predicted molar refractivity (Wildman–Crippen MR) is 436 cm³/mol. The first-order valence-electron chi connectivity index (χ1n) is 35.1. The van der Waals surface area contributed by atoms with Gasteiger partial charge in [0.1, 0.15) is 23.0 Å². The lowest BCUT2D eigenvalue weighted by Crippen LogP contribution is -2.07. The van der Waals surface area contributed by atoms with Crippen LogP contribution in [0.5, 0.6) is 23.0 Å². The Labute approximate surface area is 617 Å². The van der Waals surface area contributed by atoms with E-state index in [1.165, 1.54) is 0 Å². The van der Waals surface area contributed by atoms with Gasteiger partial charge >= 0.3 is 0 Å². The summed E-state index contributed by atoms with van der Waals surface area (Å²) in [5.74, 6) is -0.177. The molecular formula is C92H62N8O8. The van der Waals surface area contributed by atoms with Crippen molar-refractivity contribution >= 4 is 136 Å². The number of fused-ring (bicyclic) bond motifs is 34. The van der Waals surface area contributed by atoms with E-state index in [1.54, 1.807) is 28.4 Å². The number of hydrogen-bond donors (Lipinski definition) is 6. The first-order chi connectivity index (χ1) is 53.0. The Morgan fingerprint density at radius 3 is 0.685 bits per heavy atom. The average Bonchev–Trinajstić information content (AvgIpc) is 1.01. The second kappa shape index (κ2) is 25.7. The summed E-state index contributed by atoms with van der Waals surface area (Å²) in [6.07, 6.45) is 7.86. The maximum absolute atomic E-state index is 13.1. The van der Waals surface area contributed by atoms with Crippen LogP contribution in [0.15, 0.2) is 263 Å². The average molecular weight is 1410 g/mol. The molecule has 0 saturated heterocycles. The molecule has 15 aromatic rings. The number of ether oxygens (including phenoxy) is 4. The summed E-state index contributed by atoms with van der Waals surface area (Å²) < 4.78 is 26.1. The Kier molecular flexibility index (Phi) is 15.3. The van der Waals surface area contributed by atoms with Crippen molar-refractivity contribution in [1.82, 2.24) is 19.9 Å². The van der Waals surface area contributed by atoms with E-state index >= 15 is 0 Å². The summed E-state index contributed by atoms with van der Waals surface area (Å²) in [6, 6.07) is 77.4. The van der Waals surface area contributed by atoms with E-state index in [1.807, 2.05) is 267 Å². The highest BCUT2D eigenvalue weighted by atomic mass is 16.5. The normalized spacial score (nSPS) is 12.9. The van der Waals surface area contributed by atoms with Crippen molar-refractivity contribution in [3.63, 3.8) is 0 Å². The number of benzene rings is 12. The number of methoxy groups -OCH3 is 4. The van der Waals surface area contributed by atoms with Crippen LogP contribution in [0.3, 0.4) is 0 Å². The fraction of sp³-hybridized carbons (Fsp3) is 0.0435. The number of hydrogen-bond acceptors (Lipinski definition) is 10. The highest BCUT2D eigenvalue weighted by Crippen LogP contribution is 2.53. The lowest BCUT2D eigenvalue weighted by atomic mass is 9.88. The summed E-state index contributed by atoms with van der Waals surface area (Å²) in [4.78, 5) is 40.0. The number of nitrogens with one attached hydrogen (secondary N) is 2. The minimum Gasteiger partial charge on any atom is -0.495 e. The lowest BCUT2D eigenvalue weighted by molar-refractivity contribution is 0.407. The smallest absolute Gasteiger partial charge is 0.222 e. The lowest BCUT2D eigenvalue weighted by Gasteiger charge is -2.22. The Morgan fingerprint density at radius 1 is 0.241 bits per heavy atom. The summed E-state index contributed by atoms with van der Waals surface area (Å²) >= 11 is 0. The minimum atomic E-state index is -0.345. The molecule has 20 bridgehead atoms. The Bertz CT molecular complexity index is 6010. The highest BCUT2D eigenvalue weighted by Gasteiger charge is 2.32. The van der Waals surface area contributed by atoms with Gasteiger partial charge in [-0.15, -0.1) is 0 Å². The molecule has 4 aliphatic heterocycles. The van der Waals surface area contributed by atoms with Gasteiger partial charge in [0, 0.05) is 88.8 Å². The van der Waals surface area contributed by atoms with E-state index in [0.717, 1.165) is 43.1 Å². The number of nitrogens with zero attached hydrogens (tertiary/aromatic N) is 6. The molecule has 0 fully saturated rings. The van der Waals surface area contributed by atoms with Crippen LogP contribution < -0.4 is 18.9 Å². The van der Waals surface area contributed by atoms with Gasteiger partial charge in [-0.1, -0.05) is 170 Å². The first-order valence-corrected chi connectivity index (χ1v) is 35.1. The number of aliphatic imine (C=N–C) groups is 4. The molecule has 12 aromatic carbocycles. The minimum absolute atomic E-state index is 0.287. The van der Waals surface area contributed by atoms with E-state index in [2.05, 4.69) is 9.97 Å². The van der Waals surface area contributed by atoms with Gasteiger partial charge in [-0.05, 0) is 140 Å². The van der Waals surface area contributed by atoms with E-state index in [9.17, 15) is 20.4 Å². The van der Waals surface area contributed by atoms with E-state index in [-0.39, 0.29) is 45.8 Å². The topological polar surface area (TPSA) is 225 Å². The van der Waals surface area contributed by atoms with Gasteiger partial charge in [0.15, 0.2) is 0 Å². The fourth-order valence-electron chi connectivity index (χ4n) is 16.0. The molecule has 3 aromatic heterocycles. The Balaban J connectivity index is 0.987. The number of aliphatic hydroxyl groups excluding tert-OH is 4. The summed E-state index contributed by atoms with van der Waals surface area (Å²) in [5.41, 5.74) is 14.4. The van der Waals surface area contributed by atoms with Crippen LogP contribution in [0.4, 0.5) is 22.7 Å². The van der Waals surface area contributed by atoms with Crippen molar-refractivity contribution in [2.24, 2.45) is 20.0 Å². The third kappa shape index (κ3) is 10.3. The van der Waals surface area contributed by atoms with Crippen molar-refractivity contribution in [1.29, 1.82) is 0 Å². The number of para-hydroxylation sites is 4. The van der Waals surface area contributed by atoms with Crippen molar-refractivity contribution in [3.05, 3.63) is 288 Å². The summed E-state index contributed by atoms with van der Waals surface area (Å²) in [6.45, 7) is 0. The van der Waals surface area contributed by atoms with Crippen LogP contribution in [-0.2, 0) is 0 Å².